The van der Waals surface area contributed by atoms with Crippen LogP contribution < -0.4 is 5.32 Å². The Balaban J connectivity index is 1.94. The minimum Gasteiger partial charge on any atom is -0.331 e. The summed E-state index contributed by atoms with van der Waals surface area (Å²) < 4.78 is 1.84. The van der Waals surface area contributed by atoms with Gasteiger partial charge in [0.05, 0.1) is 5.69 Å². The van der Waals surface area contributed by atoms with Crippen LogP contribution in [0.5, 0.6) is 0 Å². The molecule has 0 aliphatic carbocycles. The highest BCUT2D eigenvalue weighted by Crippen LogP contribution is 2.26. The number of halogens is 1. The van der Waals surface area contributed by atoms with Gasteiger partial charge < -0.3 is 4.90 Å². The predicted molar refractivity (Wildman–Crippen MR) is 125 cm³/mol. The normalized spacial score (nSPS) is 10.9. The highest BCUT2D eigenvalue weighted by molar-refractivity contribution is 6.30. The van der Waals surface area contributed by atoms with E-state index in [0.717, 1.165) is 16.8 Å². The molecule has 0 aliphatic rings. The highest BCUT2D eigenvalue weighted by atomic mass is 35.5. The van der Waals surface area contributed by atoms with Gasteiger partial charge >= 0.3 is 0 Å². The Labute approximate surface area is 187 Å². The molecule has 1 N–H and O–H groups in total. The fourth-order valence-electron chi connectivity index (χ4n) is 3.28. The van der Waals surface area contributed by atoms with Gasteiger partial charge in [-0.3, -0.25) is 19.5 Å². The Hall–Kier alpha value is -3.12. The van der Waals surface area contributed by atoms with Gasteiger partial charge in [0, 0.05) is 34.9 Å². The number of carbonyl (C=O) groups is 2. The van der Waals surface area contributed by atoms with Crippen LogP contribution in [0.25, 0.3) is 16.9 Å². The summed E-state index contributed by atoms with van der Waals surface area (Å²) in [5.74, 6) is 0.0416. The lowest BCUT2D eigenvalue weighted by Gasteiger charge is -2.25. The number of nitrogens with one attached hydrogen (secondary N) is 1. The third-order valence-electron chi connectivity index (χ3n) is 4.94. The van der Waals surface area contributed by atoms with Crippen molar-refractivity contribution in [3.05, 3.63) is 65.3 Å². The van der Waals surface area contributed by atoms with E-state index in [2.05, 4.69) is 10.3 Å². The summed E-state index contributed by atoms with van der Waals surface area (Å²) in [5.41, 5.74) is 3.57. The number of rotatable bonds is 7. The van der Waals surface area contributed by atoms with E-state index in [0.29, 0.717) is 23.1 Å². The second kappa shape index (κ2) is 9.79. The number of hydrogen-bond donors (Lipinski definition) is 1. The summed E-state index contributed by atoms with van der Waals surface area (Å²) >= 11 is 6.01. The molecular weight excluding hydrogens is 412 g/mol. The lowest BCUT2D eigenvalue weighted by atomic mass is 10.2. The van der Waals surface area contributed by atoms with E-state index in [1.807, 2.05) is 67.9 Å². The molecule has 3 aromatic rings. The Kier molecular flexibility index (Phi) is 7.13. The largest absolute Gasteiger partial charge is 0.331 e. The molecule has 31 heavy (non-hydrogen) atoms. The van der Waals surface area contributed by atoms with Crippen molar-refractivity contribution in [2.24, 2.45) is 0 Å². The fraction of sp³-hybridized carbons (Fsp3) is 0.292. The monoisotopic (exact) mass is 438 g/mol. The smallest absolute Gasteiger partial charge is 0.246 e. The molecule has 0 atom stereocenters. The number of amides is 2. The standard InChI is InChI=1S/C24H27ClN4O2/c1-5-23(31)28(16(2)3)15-22(30)27-24-26-21(18-9-11-19(25)12-10-18)14-29(24)20-8-6-7-17(4)13-20/h6-14,16H,5,15H2,1-4H3,(H,26,27,30). The van der Waals surface area contributed by atoms with Crippen LogP contribution >= 0.6 is 11.6 Å². The SMILES string of the molecule is CCC(=O)N(CC(=O)Nc1nc(-c2ccc(Cl)cc2)cn1-c1cccc(C)c1)C(C)C. The molecule has 0 saturated carbocycles. The third kappa shape index (κ3) is 5.52. The first-order valence-electron chi connectivity index (χ1n) is 10.3. The Morgan fingerprint density at radius 3 is 2.48 bits per heavy atom. The molecule has 1 heterocycles. The number of aryl methyl sites for hydroxylation is 1. The molecule has 3 rings (SSSR count). The molecule has 7 heteroatoms. The van der Waals surface area contributed by atoms with Crippen LogP contribution in [0.2, 0.25) is 5.02 Å². The number of aromatic nitrogens is 2. The molecule has 0 unspecified atom stereocenters. The van der Waals surface area contributed by atoms with Gasteiger partial charge in [-0.05, 0) is 50.6 Å². The van der Waals surface area contributed by atoms with Crippen LogP contribution in [0, 0.1) is 6.92 Å². The maximum Gasteiger partial charge on any atom is 0.246 e. The van der Waals surface area contributed by atoms with Gasteiger partial charge in [0.1, 0.15) is 6.54 Å². The lowest BCUT2D eigenvalue weighted by Crippen LogP contribution is -2.42. The Bertz CT molecular complexity index is 1070. The zero-order valence-electron chi connectivity index (χ0n) is 18.2. The number of benzene rings is 2. The number of imidazole rings is 1. The second-order valence-electron chi connectivity index (χ2n) is 7.68. The van der Waals surface area contributed by atoms with E-state index >= 15 is 0 Å². The topological polar surface area (TPSA) is 67.2 Å². The quantitative estimate of drug-likeness (QED) is 0.558. The average molecular weight is 439 g/mol. The van der Waals surface area contributed by atoms with Gasteiger partial charge in [-0.1, -0.05) is 42.8 Å². The average Bonchev–Trinajstić information content (AvgIpc) is 3.15. The molecule has 0 aliphatic heterocycles. The van der Waals surface area contributed by atoms with Crippen molar-refractivity contribution in [1.29, 1.82) is 0 Å². The van der Waals surface area contributed by atoms with Crippen LogP contribution in [-0.4, -0.2) is 38.9 Å². The van der Waals surface area contributed by atoms with Crippen molar-refractivity contribution in [3.8, 4) is 16.9 Å². The molecule has 1 aromatic heterocycles. The van der Waals surface area contributed by atoms with Crippen molar-refractivity contribution in [1.82, 2.24) is 14.5 Å². The minimum absolute atomic E-state index is 0.0265. The fourth-order valence-corrected chi connectivity index (χ4v) is 3.41. The Morgan fingerprint density at radius 1 is 1.16 bits per heavy atom. The van der Waals surface area contributed by atoms with Gasteiger partial charge in [0.2, 0.25) is 17.8 Å². The van der Waals surface area contributed by atoms with Crippen molar-refractivity contribution in [2.45, 2.75) is 40.2 Å². The molecule has 162 valence electrons. The first-order valence-corrected chi connectivity index (χ1v) is 10.7. The van der Waals surface area contributed by atoms with Gasteiger partial charge in [0.15, 0.2) is 0 Å². The molecule has 0 radical (unpaired) electrons. The van der Waals surface area contributed by atoms with Gasteiger partial charge in [-0.2, -0.15) is 0 Å². The maximum absolute atomic E-state index is 12.8. The van der Waals surface area contributed by atoms with E-state index in [1.54, 1.807) is 24.0 Å². The number of anilines is 1. The molecule has 0 spiro atoms. The highest BCUT2D eigenvalue weighted by Gasteiger charge is 2.20. The van der Waals surface area contributed by atoms with Crippen molar-refractivity contribution in [3.63, 3.8) is 0 Å². The minimum atomic E-state index is -0.294. The Morgan fingerprint density at radius 2 is 1.87 bits per heavy atom. The summed E-state index contributed by atoms with van der Waals surface area (Å²) in [4.78, 5) is 31.2. The molecule has 0 bridgehead atoms. The van der Waals surface area contributed by atoms with Crippen LogP contribution in [0.1, 0.15) is 32.8 Å². The number of hydrogen-bond acceptors (Lipinski definition) is 3. The summed E-state index contributed by atoms with van der Waals surface area (Å²) in [6.45, 7) is 7.57. The number of carbonyl (C=O) groups excluding carboxylic acids is 2. The van der Waals surface area contributed by atoms with Gasteiger partial charge in [-0.25, -0.2) is 4.98 Å². The van der Waals surface area contributed by atoms with E-state index in [-0.39, 0.29) is 24.4 Å². The van der Waals surface area contributed by atoms with E-state index in [1.165, 1.54) is 0 Å². The zero-order valence-corrected chi connectivity index (χ0v) is 19.0. The predicted octanol–water partition coefficient (Wildman–Crippen LogP) is 5.09. The van der Waals surface area contributed by atoms with Crippen molar-refractivity contribution < 1.29 is 9.59 Å². The van der Waals surface area contributed by atoms with E-state index in [9.17, 15) is 9.59 Å². The third-order valence-corrected chi connectivity index (χ3v) is 5.19. The molecule has 6 nitrogen and oxygen atoms in total. The maximum atomic E-state index is 12.8. The van der Waals surface area contributed by atoms with Gasteiger partial charge in [-0.15, -0.1) is 0 Å². The van der Waals surface area contributed by atoms with Crippen molar-refractivity contribution in [2.75, 3.05) is 11.9 Å². The molecular formula is C24H27ClN4O2. The van der Waals surface area contributed by atoms with E-state index < -0.39 is 0 Å². The summed E-state index contributed by atoms with van der Waals surface area (Å²) in [6.07, 6.45) is 2.23. The summed E-state index contributed by atoms with van der Waals surface area (Å²) in [6, 6.07) is 15.2. The van der Waals surface area contributed by atoms with Crippen LogP contribution in [-0.2, 0) is 9.59 Å². The second-order valence-corrected chi connectivity index (χ2v) is 8.12. The first kappa shape index (κ1) is 22.6. The van der Waals surface area contributed by atoms with Gasteiger partial charge in [0.25, 0.3) is 0 Å². The van der Waals surface area contributed by atoms with Crippen LogP contribution in [0.15, 0.2) is 54.7 Å². The van der Waals surface area contributed by atoms with Crippen LogP contribution in [0.4, 0.5) is 5.95 Å². The summed E-state index contributed by atoms with van der Waals surface area (Å²) in [7, 11) is 0. The molecule has 0 saturated heterocycles. The van der Waals surface area contributed by atoms with Crippen LogP contribution in [0.3, 0.4) is 0 Å². The molecule has 0 fully saturated rings. The first-order chi connectivity index (χ1) is 14.8. The lowest BCUT2D eigenvalue weighted by molar-refractivity contribution is -0.136. The number of nitrogens with zero attached hydrogens (tertiary/aromatic N) is 3. The van der Waals surface area contributed by atoms with Crippen molar-refractivity contribution >= 4 is 29.4 Å². The summed E-state index contributed by atoms with van der Waals surface area (Å²) in [5, 5.41) is 3.53. The molecule has 2 amide bonds. The molecule has 2 aromatic carbocycles. The van der Waals surface area contributed by atoms with E-state index in [4.69, 9.17) is 11.6 Å². The zero-order chi connectivity index (χ0) is 22.5.